The first-order valence-electron chi connectivity index (χ1n) is 16.8. The summed E-state index contributed by atoms with van der Waals surface area (Å²) in [5.74, 6) is 3.47. The molecule has 0 amide bonds. The molecule has 50 heavy (non-hydrogen) atoms. The van der Waals surface area contributed by atoms with Gasteiger partial charge in [-0.05, 0) is 52.6 Å². The maximum absolute atomic E-state index is 6.65. The Morgan fingerprint density at radius 3 is 1.42 bits per heavy atom. The minimum atomic E-state index is -0.648. The molecule has 1 aliphatic rings. The van der Waals surface area contributed by atoms with Crippen LogP contribution < -0.4 is 4.74 Å². The van der Waals surface area contributed by atoms with Gasteiger partial charge in [0.1, 0.15) is 11.5 Å². The van der Waals surface area contributed by atoms with Gasteiger partial charge in [-0.2, -0.15) is 0 Å². The Morgan fingerprint density at radius 1 is 0.320 bits per heavy atom. The van der Waals surface area contributed by atoms with Crippen LogP contribution in [0.5, 0.6) is 11.5 Å². The summed E-state index contributed by atoms with van der Waals surface area (Å²) >= 11 is 0. The molecule has 0 aliphatic carbocycles. The third kappa shape index (κ3) is 5.06. The third-order valence-corrected chi connectivity index (χ3v) is 9.46. The highest BCUT2D eigenvalue weighted by Gasteiger charge is 2.45. The van der Waals surface area contributed by atoms with Gasteiger partial charge in [0, 0.05) is 27.8 Å². The van der Waals surface area contributed by atoms with Crippen LogP contribution in [0, 0.1) is 0 Å². The summed E-state index contributed by atoms with van der Waals surface area (Å²) in [5.41, 5.74) is 8.74. The topological polar surface area (TPSA) is 47.9 Å². The zero-order valence-corrected chi connectivity index (χ0v) is 27.1. The number of benzene rings is 7. The van der Waals surface area contributed by atoms with Gasteiger partial charge in [-0.3, -0.25) is 0 Å². The van der Waals surface area contributed by atoms with Crippen LogP contribution in [0.25, 0.3) is 45.3 Å². The van der Waals surface area contributed by atoms with Crippen molar-refractivity contribution in [3.63, 3.8) is 0 Å². The van der Waals surface area contributed by atoms with E-state index in [1.807, 2.05) is 42.5 Å². The Balaban J connectivity index is 1.28. The second-order valence-corrected chi connectivity index (χ2v) is 12.4. The van der Waals surface area contributed by atoms with E-state index in [0.29, 0.717) is 17.5 Å². The molecular weight excluding hydrogens is 611 g/mol. The van der Waals surface area contributed by atoms with Crippen molar-refractivity contribution in [1.29, 1.82) is 0 Å². The smallest absolute Gasteiger partial charge is 0.164 e. The minimum Gasteiger partial charge on any atom is -0.457 e. The van der Waals surface area contributed by atoms with Crippen molar-refractivity contribution in [2.45, 2.75) is 5.41 Å². The Bertz CT molecular complexity index is 2410. The molecule has 9 rings (SSSR count). The lowest BCUT2D eigenvalue weighted by Gasteiger charge is -2.41. The van der Waals surface area contributed by atoms with Crippen molar-refractivity contribution in [2.24, 2.45) is 0 Å². The van der Waals surface area contributed by atoms with Gasteiger partial charge in [0.15, 0.2) is 17.5 Å². The molecule has 0 atom stereocenters. The summed E-state index contributed by atoms with van der Waals surface area (Å²) < 4.78 is 6.65. The van der Waals surface area contributed by atoms with E-state index in [2.05, 4.69) is 146 Å². The van der Waals surface area contributed by atoms with Crippen molar-refractivity contribution in [1.82, 2.24) is 15.0 Å². The van der Waals surface area contributed by atoms with E-state index < -0.39 is 5.41 Å². The first-order valence-corrected chi connectivity index (χ1v) is 16.8. The highest BCUT2D eigenvalue weighted by Crippen LogP contribution is 2.55. The van der Waals surface area contributed by atoms with Gasteiger partial charge in [-0.25, -0.2) is 15.0 Å². The van der Waals surface area contributed by atoms with Gasteiger partial charge < -0.3 is 4.74 Å². The Labute approximate surface area is 291 Å². The van der Waals surface area contributed by atoms with E-state index in [4.69, 9.17) is 19.7 Å². The molecule has 4 heteroatoms. The molecule has 1 aliphatic heterocycles. The minimum absolute atomic E-state index is 0.593. The molecule has 236 valence electrons. The Kier molecular flexibility index (Phi) is 7.33. The summed E-state index contributed by atoms with van der Waals surface area (Å²) in [6.45, 7) is 0. The van der Waals surface area contributed by atoms with Gasteiger partial charge in [0.25, 0.3) is 0 Å². The van der Waals surface area contributed by atoms with E-state index in [0.717, 1.165) is 61.6 Å². The fraction of sp³-hybridized carbons (Fsp3) is 0.0217. The lowest BCUT2D eigenvalue weighted by Crippen LogP contribution is -2.34. The van der Waals surface area contributed by atoms with Crippen molar-refractivity contribution in [3.8, 4) is 56.8 Å². The molecule has 0 radical (unpaired) electrons. The highest BCUT2D eigenvalue weighted by atomic mass is 16.5. The predicted molar refractivity (Wildman–Crippen MR) is 200 cm³/mol. The number of rotatable bonds is 6. The molecule has 1 aromatic heterocycles. The lowest BCUT2D eigenvalue weighted by molar-refractivity contribution is 0.434. The summed E-state index contributed by atoms with van der Waals surface area (Å²) in [6.07, 6.45) is 0. The highest BCUT2D eigenvalue weighted by molar-refractivity contribution is 5.75. The van der Waals surface area contributed by atoms with Crippen LogP contribution in [0.15, 0.2) is 188 Å². The zero-order chi connectivity index (χ0) is 33.3. The normalized spacial score (nSPS) is 12.7. The van der Waals surface area contributed by atoms with Crippen LogP contribution in [0.2, 0.25) is 0 Å². The molecule has 0 N–H and O–H groups in total. The number of hydrogen-bond donors (Lipinski definition) is 0. The van der Waals surface area contributed by atoms with E-state index in [-0.39, 0.29) is 0 Å². The third-order valence-electron chi connectivity index (χ3n) is 9.46. The first kappa shape index (κ1) is 29.5. The van der Waals surface area contributed by atoms with E-state index >= 15 is 0 Å². The largest absolute Gasteiger partial charge is 0.457 e. The second-order valence-electron chi connectivity index (χ2n) is 12.4. The number of aromatic nitrogens is 3. The molecule has 4 nitrogen and oxygen atoms in total. The van der Waals surface area contributed by atoms with Crippen molar-refractivity contribution in [3.05, 3.63) is 210 Å². The molecule has 7 aromatic carbocycles. The first-order chi connectivity index (χ1) is 24.8. The molecule has 0 bridgehead atoms. The van der Waals surface area contributed by atoms with Crippen LogP contribution >= 0.6 is 0 Å². The summed E-state index contributed by atoms with van der Waals surface area (Å²) in [5, 5.41) is 0. The SMILES string of the molecule is c1ccc(-c2cccc(-c3nc(-c4ccccc4)nc(-c4ccc5c(c4)C(c4ccccc4)(c4ccccc4)c4ccccc4O5)n3)c2)cc1. The summed E-state index contributed by atoms with van der Waals surface area (Å²) in [6, 6.07) is 64.9. The van der Waals surface area contributed by atoms with E-state index in [1.54, 1.807) is 0 Å². The monoisotopic (exact) mass is 641 g/mol. The number of hydrogen-bond acceptors (Lipinski definition) is 4. The lowest BCUT2D eigenvalue weighted by atomic mass is 9.63. The van der Waals surface area contributed by atoms with E-state index in [9.17, 15) is 0 Å². The zero-order valence-electron chi connectivity index (χ0n) is 27.1. The predicted octanol–water partition coefficient (Wildman–Crippen LogP) is 11.0. The van der Waals surface area contributed by atoms with Gasteiger partial charge in [0.05, 0.1) is 5.41 Å². The molecule has 0 saturated heterocycles. The molecule has 0 saturated carbocycles. The van der Waals surface area contributed by atoms with Gasteiger partial charge in [-0.15, -0.1) is 0 Å². The average molecular weight is 642 g/mol. The van der Waals surface area contributed by atoms with Crippen molar-refractivity contribution in [2.75, 3.05) is 0 Å². The van der Waals surface area contributed by atoms with Crippen LogP contribution in [-0.2, 0) is 5.41 Å². The molecule has 0 unspecified atom stereocenters. The van der Waals surface area contributed by atoms with Crippen LogP contribution in [0.1, 0.15) is 22.3 Å². The Hall–Kier alpha value is -6.65. The molecular formula is C46H31N3O. The van der Waals surface area contributed by atoms with Crippen LogP contribution in [0.4, 0.5) is 0 Å². The molecule has 2 heterocycles. The number of para-hydroxylation sites is 1. The maximum Gasteiger partial charge on any atom is 0.164 e. The fourth-order valence-electron chi connectivity index (χ4n) is 7.16. The van der Waals surface area contributed by atoms with Crippen molar-refractivity contribution >= 4 is 0 Å². The second kappa shape index (κ2) is 12.4. The molecule has 8 aromatic rings. The number of fused-ring (bicyclic) bond motifs is 2. The number of nitrogens with zero attached hydrogens (tertiary/aromatic N) is 3. The summed E-state index contributed by atoms with van der Waals surface area (Å²) in [7, 11) is 0. The Morgan fingerprint density at radius 2 is 0.780 bits per heavy atom. The fourth-order valence-corrected chi connectivity index (χ4v) is 7.16. The summed E-state index contributed by atoms with van der Waals surface area (Å²) in [4.78, 5) is 15.3. The molecule has 0 fully saturated rings. The van der Waals surface area contributed by atoms with Crippen LogP contribution in [0.3, 0.4) is 0 Å². The standard InChI is InChI=1S/C46H31N3O/c1-5-16-32(17-6-1)34-20-15-21-35(30-34)44-47-43(33-18-7-2-8-19-33)48-45(49-44)36-28-29-42-40(31-36)46(37-22-9-3-10-23-37,38-24-11-4-12-25-38)39-26-13-14-27-41(39)50-42/h1-31H. The number of ether oxygens (including phenoxy) is 1. The van der Waals surface area contributed by atoms with Crippen molar-refractivity contribution < 1.29 is 4.74 Å². The van der Waals surface area contributed by atoms with Gasteiger partial charge in [0.2, 0.25) is 0 Å². The van der Waals surface area contributed by atoms with Crippen LogP contribution in [-0.4, -0.2) is 15.0 Å². The van der Waals surface area contributed by atoms with E-state index in [1.165, 1.54) is 0 Å². The average Bonchev–Trinajstić information content (AvgIpc) is 3.21. The van der Waals surface area contributed by atoms with Gasteiger partial charge in [-0.1, -0.05) is 158 Å². The van der Waals surface area contributed by atoms with Gasteiger partial charge >= 0.3 is 0 Å². The quantitative estimate of drug-likeness (QED) is 0.181. The molecule has 0 spiro atoms. The maximum atomic E-state index is 6.65.